The highest BCUT2D eigenvalue weighted by atomic mass is 31.2. The van der Waals surface area contributed by atoms with Crippen molar-refractivity contribution in [1.29, 1.82) is 0 Å². The molecule has 9 nitrogen and oxygen atoms in total. The molecule has 0 saturated carbocycles. The van der Waals surface area contributed by atoms with Crippen molar-refractivity contribution in [3.8, 4) is 0 Å². The highest BCUT2D eigenvalue weighted by Gasteiger charge is 2.26. The number of aliphatic hydroxyl groups is 2. The number of unbranched alkanes of at least 4 members (excludes halogenated alkanes) is 20. The van der Waals surface area contributed by atoms with Crippen LogP contribution in [-0.4, -0.2) is 66.3 Å². The maximum atomic E-state index is 12.6. The van der Waals surface area contributed by atoms with Gasteiger partial charge in [0.2, 0.25) is 0 Å². The summed E-state index contributed by atoms with van der Waals surface area (Å²) < 4.78 is 33.3. The zero-order chi connectivity index (χ0) is 38.2. The van der Waals surface area contributed by atoms with E-state index in [0.29, 0.717) is 6.61 Å². The molecule has 0 aliphatic carbocycles. The lowest BCUT2D eigenvalue weighted by atomic mass is 10.1. The molecule has 0 amide bonds. The van der Waals surface area contributed by atoms with Crippen molar-refractivity contribution in [1.82, 2.24) is 0 Å². The summed E-state index contributed by atoms with van der Waals surface area (Å²) in [6.07, 6.45) is 41.0. The van der Waals surface area contributed by atoms with Crippen molar-refractivity contribution >= 4 is 13.8 Å². The van der Waals surface area contributed by atoms with Gasteiger partial charge < -0.3 is 24.6 Å². The van der Waals surface area contributed by atoms with Crippen molar-refractivity contribution in [2.24, 2.45) is 0 Å². The molecule has 3 unspecified atom stereocenters. The van der Waals surface area contributed by atoms with Gasteiger partial charge in [-0.05, 0) is 51.4 Å². The summed E-state index contributed by atoms with van der Waals surface area (Å²) in [6.45, 7) is 3.46. The smallest absolute Gasteiger partial charge is 0.457 e. The maximum absolute atomic E-state index is 12.6. The second-order valence-corrected chi connectivity index (χ2v) is 15.5. The first kappa shape index (κ1) is 50.7. The number of phosphoric acid groups is 1. The number of rotatable bonds is 40. The molecule has 52 heavy (non-hydrogen) atoms. The number of ether oxygens (including phenoxy) is 2. The molecule has 3 N–H and O–H groups in total. The Balaban J connectivity index is 4.15. The number of esters is 1. The van der Waals surface area contributed by atoms with E-state index < -0.39 is 33.2 Å². The van der Waals surface area contributed by atoms with Crippen molar-refractivity contribution in [3.63, 3.8) is 0 Å². The van der Waals surface area contributed by atoms with Gasteiger partial charge in [0.15, 0.2) is 0 Å². The fourth-order valence-electron chi connectivity index (χ4n) is 5.60. The lowest BCUT2D eigenvalue weighted by Crippen LogP contribution is -2.29. The van der Waals surface area contributed by atoms with Crippen molar-refractivity contribution in [2.45, 2.75) is 193 Å². The molecule has 0 aromatic carbocycles. The third-order valence-corrected chi connectivity index (χ3v) is 9.78. The summed E-state index contributed by atoms with van der Waals surface area (Å²) >= 11 is 0. The van der Waals surface area contributed by atoms with Crippen LogP contribution in [0.5, 0.6) is 0 Å². The number of hydrogen-bond acceptors (Lipinski definition) is 8. The molecule has 0 radical (unpaired) electrons. The van der Waals surface area contributed by atoms with E-state index in [2.05, 4.69) is 50.3 Å². The van der Waals surface area contributed by atoms with E-state index in [1.54, 1.807) is 0 Å². The van der Waals surface area contributed by atoms with Crippen LogP contribution >= 0.6 is 7.82 Å². The van der Waals surface area contributed by atoms with Crippen LogP contribution < -0.4 is 0 Å². The fraction of sp³-hybridized carbons (Fsp3) is 0.833. The Bertz CT molecular complexity index is 908. The van der Waals surface area contributed by atoms with Crippen LogP contribution in [0.25, 0.3) is 0 Å². The van der Waals surface area contributed by atoms with Crippen molar-refractivity contribution < 1.29 is 43.0 Å². The second-order valence-electron chi connectivity index (χ2n) is 14.0. The van der Waals surface area contributed by atoms with Crippen LogP contribution in [-0.2, 0) is 27.9 Å². The van der Waals surface area contributed by atoms with Gasteiger partial charge in [-0.15, -0.1) is 0 Å². The summed E-state index contributed by atoms with van der Waals surface area (Å²) in [4.78, 5) is 22.5. The minimum atomic E-state index is -4.51. The third-order valence-electron chi connectivity index (χ3n) is 8.83. The minimum Gasteiger partial charge on any atom is -0.457 e. The van der Waals surface area contributed by atoms with Gasteiger partial charge in [-0.3, -0.25) is 13.8 Å². The number of hydrogen-bond donors (Lipinski definition) is 3. The molecule has 0 aliphatic rings. The van der Waals surface area contributed by atoms with Crippen LogP contribution in [0.1, 0.15) is 181 Å². The summed E-state index contributed by atoms with van der Waals surface area (Å²) in [5, 5.41) is 18.3. The number of carbonyl (C=O) groups is 1. The van der Waals surface area contributed by atoms with Gasteiger partial charge in [0.05, 0.1) is 26.4 Å². The predicted octanol–water partition coefficient (Wildman–Crippen LogP) is 11.3. The molecular weight excluding hydrogens is 679 g/mol. The number of carbonyl (C=O) groups excluding carboxylic acids is 1. The Labute approximate surface area is 318 Å². The summed E-state index contributed by atoms with van der Waals surface area (Å²) in [5.41, 5.74) is 0. The van der Waals surface area contributed by atoms with Gasteiger partial charge in [-0.25, -0.2) is 4.57 Å². The van der Waals surface area contributed by atoms with E-state index in [9.17, 15) is 19.4 Å². The quantitative estimate of drug-likeness (QED) is 0.0242. The molecule has 0 fully saturated rings. The normalized spacial score (nSPS) is 14.5. The summed E-state index contributed by atoms with van der Waals surface area (Å²) in [5.74, 6) is -0.388. The molecule has 306 valence electrons. The number of allylic oxidation sites excluding steroid dienone is 6. The van der Waals surface area contributed by atoms with E-state index in [4.69, 9.17) is 23.6 Å². The summed E-state index contributed by atoms with van der Waals surface area (Å²) in [7, 11) is -4.51. The average molecular weight is 759 g/mol. The molecule has 0 bridgehead atoms. The Kier molecular flexibility index (Phi) is 38.4. The highest BCUT2D eigenvalue weighted by Crippen LogP contribution is 2.43. The first-order chi connectivity index (χ1) is 25.3. The predicted molar refractivity (Wildman–Crippen MR) is 214 cm³/mol. The zero-order valence-corrected chi connectivity index (χ0v) is 34.2. The van der Waals surface area contributed by atoms with E-state index >= 15 is 0 Å². The molecule has 0 aromatic rings. The van der Waals surface area contributed by atoms with Crippen molar-refractivity contribution in [3.05, 3.63) is 36.5 Å². The molecule has 0 heterocycles. The molecule has 0 aromatic heterocycles. The van der Waals surface area contributed by atoms with Gasteiger partial charge >= 0.3 is 13.8 Å². The zero-order valence-electron chi connectivity index (χ0n) is 33.3. The van der Waals surface area contributed by atoms with Gasteiger partial charge in [0, 0.05) is 13.0 Å². The fourth-order valence-corrected chi connectivity index (χ4v) is 6.39. The molecule has 0 rings (SSSR count). The van der Waals surface area contributed by atoms with Crippen LogP contribution in [0.2, 0.25) is 0 Å². The second kappa shape index (κ2) is 39.4. The van der Waals surface area contributed by atoms with Crippen LogP contribution in [0.15, 0.2) is 36.5 Å². The van der Waals surface area contributed by atoms with Gasteiger partial charge in [0.25, 0.3) is 0 Å². The molecule has 0 aliphatic heterocycles. The van der Waals surface area contributed by atoms with Gasteiger partial charge in [-0.1, -0.05) is 159 Å². The van der Waals surface area contributed by atoms with Crippen LogP contribution in [0.3, 0.4) is 0 Å². The van der Waals surface area contributed by atoms with Gasteiger partial charge in [-0.2, -0.15) is 0 Å². The third kappa shape index (κ3) is 38.4. The highest BCUT2D eigenvalue weighted by molar-refractivity contribution is 7.47. The lowest BCUT2D eigenvalue weighted by Gasteiger charge is -2.20. The molecule has 10 heteroatoms. The van der Waals surface area contributed by atoms with E-state index in [0.717, 1.165) is 57.8 Å². The Morgan fingerprint density at radius 3 is 1.60 bits per heavy atom. The monoisotopic (exact) mass is 759 g/mol. The topological polar surface area (TPSA) is 132 Å². The van der Waals surface area contributed by atoms with Gasteiger partial charge in [0.1, 0.15) is 12.2 Å². The van der Waals surface area contributed by atoms with Crippen LogP contribution in [0, 0.1) is 0 Å². The van der Waals surface area contributed by atoms with E-state index in [1.165, 1.54) is 103 Å². The Morgan fingerprint density at radius 1 is 0.596 bits per heavy atom. The maximum Gasteiger partial charge on any atom is 0.472 e. The summed E-state index contributed by atoms with van der Waals surface area (Å²) in [6, 6.07) is 0. The average Bonchev–Trinajstić information content (AvgIpc) is 3.13. The Morgan fingerprint density at radius 2 is 1.04 bits per heavy atom. The minimum absolute atomic E-state index is 0.0444. The Hall–Kier alpha value is -1.32. The first-order valence-electron chi connectivity index (χ1n) is 21.0. The standard InChI is InChI=1S/C42H79O9P/c1-3-5-7-9-11-13-15-16-17-18-19-20-21-22-23-25-27-29-31-33-35-48-38-41(39-50-52(46,47)49-37-40(44)36-43)51-42(45)34-32-30-28-26-24-14-12-10-8-6-4-2/h11,13,16-17,19-20,40-41,43-44H,3-10,12,14-15,18,21-39H2,1-2H3,(H,46,47)/b13-11-,17-16-,20-19-. The molecule has 3 atom stereocenters. The molecular formula is C42H79O9P. The molecule has 0 spiro atoms. The van der Waals surface area contributed by atoms with Crippen LogP contribution in [0.4, 0.5) is 0 Å². The van der Waals surface area contributed by atoms with E-state index in [-0.39, 0.29) is 25.6 Å². The van der Waals surface area contributed by atoms with Crippen molar-refractivity contribution in [2.75, 3.05) is 33.0 Å². The largest absolute Gasteiger partial charge is 0.472 e. The lowest BCUT2D eigenvalue weighted by molar-refractivity contribution is -0.154. The first-order valence-corrected chi connectivity index (χ1v) is 22.5. The molecule has 0 saturated heterocycles. The SMILES string of the molecule is CCCCC/C=C\C/C=C\C/C=C\CCCCCCCCCOCC(COP(=O)(O)OCC(O)CO)OC(=O)CCCCCCCCCCCCC. The number of aliphatic hydroxyl groups excluding tert-OH is 2. The number of phosphoric ester groups is 1. The van der Waals surface area contributed by atoms with E-state index in [1.807, 2.05) is 0 Å².